The van der Waals surface area contributed by atoms with Gasteiger partial charge in [-0.1, -0.05) is 30.3 Å². The Hall–Kier alpha value is -0.860. The summed E-state index contributed by atoms with van der Waals surface area (Å²) in [6.45, 7) is 2.14. The van der Waals surface area contributed by atoms with E-state index in [0.717, 1.165) is 0 Å². The first-order chi connectivity index (χ1) is 6.13. The van der Waals surface area contributed by atoms with Crippen LogP contribution in [0, 0.1) is 0 Å². The van der Waals surface area contributed by atoms with Crippen LogP contribution in [0.2, 0.25) is 0 Å². The summed E-state index contributed by atoms with van der Waals surface area (Å²) >= 11 is 0. The van der Waals surface area contributed by atoms with Crippen LogP contribution in [-0.4, -0.2) is 25.0 Å². The second-order valence-electron chi connectivity index (χ2n) is 3.64. The van der Waals surface area contributed by atoms with Gasteiger partial charge < -0.3 is 10.6 Å². The Labute approximate surface area is 80.4 Å². The molecule has 2 nitrogen and oxygen atoms in total. The molecule has 0 spiro atoms. The third-order valence-corrected chi connectivity index (χ3v) is 2.52. The molecule has 0 aliphatic carbocycles. The summed E-state index contributed by atoms with van der Waals surface area (Å²) in [6.07, 6.45) is 0. The molecular formula is C11H18N2. The standard InChI is InChI=1S/C11H18N2/c1-9(13(2)3)11(12)10-7-5-4-6-8-10/h4-9,11H,12H2,1-3H3/t9-,11-/m0/s1. The van der Waals surface area contributed by atoms with Crippen molar-refractivity contribution in [2.75, 3.05) is 14.1 Å². The lowest BCUT2D eigenvalue weighted by Gasteiger charge is -2.26. The van der Waals surface area contributed by atoms with E-state index in [9.17, 15) is 0 Å². The van der Waals surface area contributed by atoms with Gasteiger partial charge >= 0.3 is 0 Å². The van der Waals surface area contributed by atoms with Crippen LogP contribution in [0.5, 0.6) is 0 Å². The van der Waals surface area contributed by atoms with Crippen molar-refractivity contribution in [2.24, 2.45) is 5.73 Å². The van der Waals surface area contributed by atoms with Crippen molar-refractivity contribution in [2.45, 2.75) is 19.0 Å². The fourth-order valence-corrected chi connectivity index (χ4v) is 1.27. The first-order valence-corrected chi connectivity index (χ1v) is 4.60. The first-order valence-electron chi connectivity index (χ1n) is 4.60. The summed E-state index contributed by atoms with van der Waals surface area (Å²) in [7, 11) is 4.10. The van der Waals surface area contributed by atoms with Gasteiger partial charge in [0, 0.05) is 12.1 Å². The Morgan fingerprint density at radius 1 is 1.15 bits per heavy atom. The first kappa shape index (κ1) is 10.2. The maximum Gasteiger partial charge on any atom is 0.0450 e. The summed E-state index contributed by atoms with van der Waals surface area (Å²) < 4.78 is 0. The van der Waals surface area contributed by atoms with Crippen LogP contribution in [0.1, 0.15) is 18.5 Å². The molecule has 0 aliphatic heterocycles. The van der Waals surface area contributed by atoms with E-state index >= 15 is 0 Å². The van der Waals surface area contributed by atoms with Crippen LogP contribution in [0.4, 0.5) is 0 Å². The maximum absolute atomic E-state index is 6.10. The molecule has 0 unspecified atom stereocenters. The summed E-state index contributed by atoms with van der Waals surface area (Å²) in [5.41, 5.74) is 7.30. The predicted octanol–water partition coefficient (Wildman–Crippen LogP) is 1.64. The van der Waals surface area contributed by atoms with Crippen molar-refractivity contribution in [1.29, 1.82) is 0 Å². The molecule has 0 aromatic heterocycles. The van der Waals surface area contributed by atoms with Gasteiger partial charge in [0.15, 0.2) is 0 Å². The van der Waals surface area contributed by atoms with Gasteiger partial charge in [0.2, 0.25) is 0 Å². The highest BCUT2D eigenvalue weighted by Crippen LogP contribution is 2.15. The molecule has 1 rings (SSSR count). The Balaban J connectivity index is 2.73. The number of benzene rings is 1. The van der Waals surface area contributed by atoms with Gasteiger partial charge in [-0.25, -0.2) is 0 Å². The molecule has 0 aliphatic rings. The normalized spacial score (nSPS) is 15.8. The highest BCUT2D eigenvalue weighted by Gasteiger charge is 2.15. The number of hydrogen-bond acceptors (Lipinski definition) is 2. The summed E-state index contributed by atoms with van der Waals surface area (Å²) in [5.74, 6) is 0. The number of nitrogens with zero attached hydrogens (tertiary/aromatic N) is 1. The third kappa shape index (κ3) is 2.54. The molecule has 0 bridgehead atoms. The van der Waals surface area contributed by atoms with E-state index in [2.05, 4.69) is 24.0 Å². The molecule has 72 valence electrons. The molecule has 2 N–H and O–H groups in total. The number of likely N-dealkylation sites (N-methyl/N-ethyl adjacent to an activating group) is 1. The minimum absolute atomic E-state index is 0.0937. The van der Waals surface area contributed by atoms with Crippen LogP contribution in [0.15, 0.2) is 30.3 Å². The fraction of sp³-hybridized carbons (Fsp3) is 0.455. The van der Waals surface area contributed by atoms with Gasteiger partial charge in [-0.3, -0.25) is 0 Å². The van der Waals surface area contributed by atoms with E-state index in [1.165, 1.54) is 5.56 Å². The average Bonchev–Trinajstić information content (AvgIpc) is 2.17. The minimum Gasteiger partial charge on any atom is -0.323 e. The van der Waals surface area contributed by atoms with E-state index < -0.39 is 0 Å². The number of hydrogen-bond donors (Lipinski definition) is 1. The summed E-state index contributed by atoms with van der Waals surface area (Å²) in [4.78, 5) is 2.14. The SMILES string of the molecule is C[C@@H]([C@H](N)c1ccccc1)N(C)C. The fourth-order valence-electron chi connectivity index (χ4n) is 1.27. The lowest BCUT2D eigenvalue weighted by molar-refractivity contribution is 0.274. The topological polar surface area (TPSA) is 29.3 Å². The smallest absolute Gasteiger partial charge is 0.0450 e. The molecule has 0 saturated carbocycles. The van der Waals surface area contributed by atoms with Crippen molar-refractivity contribution >= 4 is 0 Å². The lowest BCUT2D eigenvalue weighted by atomic mass is 10.0. The van der Waals surface area contributed by atoms with Crippen LogP contribution in [0.25, 0.3) is 0 Å². The molecule has 1 aromatic rings. The Bertz CT molecular complexity index is 244. The number of nitrogens with two attached hydrogens (primary N) is 1. The monoisotopic (exact) mass is 178 g/mol. The summed E-state index contributed by atoms with van der Waals surface area (Å²) in [5, 5.41) is 0. The average molecular weight is 178 g/mol. The van der Waals surface area contributed by atoms with Gasteiger partial charge in [0.1, 0.15) is 0 Å². The van der Waals surface area contributed by atoms with E-state index in [-0.39, 0.29) is 6.04 Å². The van der Waals surface area contributed by atoms with Crippen molar-refractivity contribution in [3.05, 3.63) is 35.9 Å². The van der Waals surface area contributed by atoms with Crippen LogP contribution in [-0.2, 0) is 0 Å². The summed E-state index contributed by atoms with van der Waals surface area (Å²) in [6, 6.07) is 10.7. The largest absolute Gasteiger partial charge is 0.323 e. The quantitative estimate of drug-likeness (QED) is 0.762. The molecule has 0 fully saturated rings. The van der Waals surface area contributed by atoms with Crippen molar-refractivity contribution < 1.29 is 0 Å². The molecule has 0 saturated heterocycles. The molecule has 0 radical (unpaired) electrons. The molecule has 1 aromatic carbocycles. The zero-order valence-corrected chi connectivity index (χ0v) is 8.57. The van der Waals surface area contributed by atoms with E-state index in [1.54, 1.807) is 0 Å². The van der Waals surface area contributed by atoms with Crippen molar-refractivity contribution in [1.82, 2.24) is 4.90 Å². The molecule has 13 heavy (non-hydrogen) atoms. The van der Waals surface area contributed by atoms with E-state index in [0.29, 0.717) is 6.04 Å². The third-order valence-electron chi connectivity index (χ3n) is 2.52. The highest BCUT2D eigenvalue weighted by molar-refractivity contribution is 5.19. The zero-order chi connectivity index (χ0) is 9.84. The molecule has 2 atom stereocenters. The van der Waals surface area contributed by atoms with Gasteiger partial charge in [-0.05, 0) is 26.6 Å². The van der Waals surface area contributed by atoms with E-state index in [4.69, 9.17) is 5.73 Å². The molecule has 2 heteroatoms. The van der Waals surface area contributed by atoms with Crippen LogP contribution in [0.3, 0.4) is 0 Å². The van der Waals surface area contributed by atoms with Gasteiger partial charge in [-0.2, -0.15) is 0 Å². The maximum atomic E-state index is 6.10. The van der Waals surface area contributed by atoms with Gasteiger partial charge in [0.05, 0.1) is 0 Å². The molecule has 0 heterocycles. The number of rotatable bonds is 3. The van der Waals surface area contributed by atoms with E-state index in [1.807, 2.05) is 32.3 Å². The Kier molecular flexibility index (Phi) is 3.46. The van der Waals surface area contributed by atoms with Gasteiger partial charge in [0.25, 0.3) is 0 Å². The van der Waals surface area contributed by atoms with Crippen molar-refractivity contribution in [3.63, 3.8) is 0 Å². The Morgan fingerprint density at radius 3 is 2.15 bits per heavy atom. The Morgan fingerprint density at radius 2 is 1.69 bits per heavy atom. The molecular weight excluding hydrogens is 160 g/mol. The van der Waals surface area contributed by atoms with Crippen molar-refractivity contribution in [3.8, 4) is 0 Å². The highest BCUT2D eigenvalue weighted by atomic mass is 15.1. The zero-order valence-electron chi connectivity index (χ0n) is 8.57. The minimum atomic E-state index is 0.0937. The van der Waals surface area contributed by atoms with Crippen LogP contribution < -0.4 is 5.73 Å². The second kappa shape index (κ2) is 4.40. The predicted molar refractivity (Wildman–Crippen MR) is 56.5 cm³/mol. The lowest BCUT2D eigenvalue weighted by Crippen LogP contribution is -2.35. The van der Waals surface area contributed by atoms with Crippen LogP contribution >= 0.6 is 0 Å². The molecule has 0 amide bonds. The second-order valence-corrected chi connectivity index (χ2v) is 3.64. The van der Waals surface area contributed by atoms with Gasteiger partial charge in [-0.15, -0.1) is 0 Å².